The highest BCUT2D eigenvalue weighted by Crippen LogP contribution is 2.17. The van der Waals surface area contributed by atoms with Crippen LogP contribution >= 0.6 is 0 Å². The van der Waals surface area contributed by atoms with Crippen LogP contribution in [0.5, 0.6) is 0 Å². The predicted octanol–water partition coefficient (Wildman–Crippen LogP) is 1.37. The van der Waals surface area contributed by atoms with Gasteiger partial charge < -0.3 is 5.11 Å². The van der Waals surface area contributed by atoms with Crippen LogP contribution < -0.4 is 0 Å². The summed E-state index contributed by atoms with van der Waals surface area (Å²) in [5.41, 5.74) is -0.315. The maximum atomic E-state index is 12.3. The number of aromatic carboxylic acids is 1. The number of carbonyl (C=O) groups is 1. The zero-order valence-corrected chi connectivity index (χ0v) is 7.26. The van der Waals surface area contributed by atoms with Gasteiger partial charge in [0.05, 0.1) is 6.20 Å². The third kappa shape index (κ3) is 1.51. The van der Waals surface area contributed by atoms with Gasteiger partial charge in [-0.2, -0.15) is 0 Å². The van der Waals surface area contributed by atoms with E-state index in [2.05, 4.69) is 9.97 Å². The highest BCUT2D eigenvalue weighted by molar-refractivity contribution is 5.84. The first-order valence-electron chi connectivity index (χ1n) is 3.95. The topological polar surface area (TPSA) is 67.5 Å². The first-order valence-corrected chi connectivity index (χ1v) is 3.95. The number of aromatic nitrogens is 3. The molecule has 2 aromatic rings. The van der Waals surface area contributed by atoms with Crippen molar-refractivity contribution in [1.29, 1.82) is 0 Å². The number of nitrogens with zero attached hydrogens (tertiary/aromatic N) is 3. The number of hydrogen-bond donors (Lipinski definition) is 1. The molecule has 0 saturated heterocycles. The van der Waals surface area contributed by atoms with Gasteiger partial charge in [0.2, 0.25) is 5.82 Å². The molecule has 0 spiro atoms. The molecule has 0 saturated carbocycles. The number of rotatable bonds is 2. The fraction of sp³-hybridized carbons (Fsp3) is 0.125. The van der Waals surface area contributed by atoms with Gasteiger partial charge in [-0.3, -0.25) is 4.40 Å². The van der Waals surface area contributed by atoms with Gasteiger partial charge in [-0.25, -0.2) is 23.5 Å². The van der Waals surface area contributed by atoms with Gasteiger partial charge in [-0.1, -0.05) is 0 Å². The summed E-state index contributed by atoms with van der Waals surface area (Å²) in [5.74, 6) is -1.49. The van der Waals surface area contributed by atoms with Crippen molar-refractivity contribution in [3.63, 3.8) is 0 Å². The standard InChI is InChI=1S/C8H5F2N3O2/c9-6(10)4-1-2-13-5(12-4)3-11-7(13)8(14)15/h1-3,6H,(H,14,15). The third-order valence-corrected chi connectivity index (χ3v) is 1.83. The molecule has 0 aliphatic rings. The molecule has 0 aromatic carbocycles. The summed E-state index contributed by atoms with van der Waals surface area (Å²) < 4.78 is 25.6. The summed E-state index contributed by atoms with van der Waals surface area (Å²) in [6, 6.07) is 1.06. The number of carboxylic acid groups (broad SMARTS) is 1. The zero-order valence-electron chi connectivity index (χ0n) is 7.26. The molecule has 15 heavy (non-hydrogen) atoms. The Hall–Kier alpha value is -2.05. The van der Waals surface area contributed by atoms with Gasteiger partial charge in [0, 0.05) is 6.20 Å². The van der Waals surface area contributed by atoms with Crippen molar-refractivity contribution in [2.24, 2.45) is 0 Å². The molecule has 0 amide bonds. The first kappa shape index (κ1) is 9.50. The van der Waals surface area contributed by atoms with E-state index in [1.54, 1.807) is 0 Å². The quantitative estimate of drug-likeness (QED) is 0.817. The van der Waals surface area contributed by atoms with Crippen LogP contribution in [0, 0.1) is 0 Å². The molecule has 78 valence electrons. The Bertz CT molecular complexity index is 524. The Morgan fingerprint density at radius 2 is 2.27 bits per heavy atom. The van der Waals surface area contributed by atoms with Crippen LogP contribution in [0.1, 0.15) is 22.7 Å². The molecule has 2 aromatic heterocycles. The van der Waals surface area contributed by atoms with Crippen molar-refractivity contribution in [3.8, 4) is 0 Å². The Balaban J connectivity index is 2.61. The first-order chi connectivity index (χ1) is 7.09. The third-order valence-electron chi connectivity index (χ3n) is 1.83. The van der Waals surface area contributed by atoms with Crippen molar-refractivity contribution < 1.29 is 18.7 Å². The molecule has 0 fully saturated rings. The molecule has 5 nitrogen and oxygen atoms in total. The zero-order chi connectivity index (χ0) is 11.0. The minimum atomic E-state index is -2.68. The normalized spacial score (nSPS) is 11.1. The lowest BCUT2D eigenvalue weighted by Crippen LogP contribution is -2.04. The molecule has 0 unspecified atom stereocenters. The average Bonchev–Trinajstić information content (AvgIpc) is 2.59. The summed E-state index contributed by atoms with van der Waals surface area (Å²) in [7, 11) is 0. The molecule has 0 bridgehead atoms. The van der Waals surface area contributed by atoms with Crippen LogP contribution in [0.2, 0.25) is 0 Å². The van der Waals surface area contributed by atoms with Gasteiger partial charge in [0.1, 0.15) is 5.69 Å². The lowest BCUT2D eigenvalue weighted by molar-refractivity contribution is 0.0683. The Kier molecular flexibility index (Phi) is 2.07. The minimum Gasteiger partial charge on any atom is -0.475 e. The lowest BCUT2D eigenvalue weighted by Gasteiger charge is -1.99. The van der Waals surface area contributed by atoms with Crippen LogP contribution in [0.15, 0.2) is 18.5 Å². The van der Waals surface area contributed by atoms with Crippen LogP contribution in [0.25, 0.3) is 5.65 Å². The van der Waals surface area contributed by atoms with Gasteiger partial charge >= 0.3 is 5.97 Å². The molecule has 7 heteroatoms. The maximum absolute atomic E-state index is 12.3. The maximum Gasteiger partial charge on any atom is 0.372 e. The van der Waals surface area contributed by atoms with Crippen LogP contribution in [-0.2, 0) is 0 Å². The van der Waals surface area contributed by atoms with Crippen molar-refractivity contribution in [2.45, 2.75) is 6.43 Å². The van der Waals surface area contributed by atoms with Gasteiger partial charge in [0.15, 0.2) is 5.65 Å². The molecule has 0 atom stereocenters. The molecule has 2 heterocycles. The van der Waals surface area contributed by atoms with Crippen LogP contribution in [0.3, 0.4) is 0 Å². The fourth-order valence-electron chi connectivity index (χ4n) is 1.18. The minimum absolute atomic E-state index is 0.0881. The monoisotopic (exact) mass is 213 g/mol. The molecular formula is C8H5F2N3O2. The van der Waals surface area contributed by atoms with E-state index in [1.165, 1.54) is 6.20 Å². The highest BCUT2D eigenvalue weighted by atomic mass is 19.3. The second kappa shape index (κ2) is 3.26. The van der Waals surface area contributed by atoms with Gasteiger partial charge in [0.25, 0.3) is 6.43 Å². The van der Waals surface area contributed by atoms with Crippen LogP contribution in [-0.4, -0.2) is 25.4 Å². The number of fused-ring (bicyclic) bond motifs is 1. The molecule has 1 N–H and O–H groups in total. The van der Waals surface area contributed by atoms with Crippen molar-refractivity contribution in [1.82, 2.24) is 14.4 Å². The second-order valence-corrected chi connectivity index (χ2v) is 2.77. The van der Waals surface area contributed by atoms with Crippen molar-refractivity contribution in [3.05, 3.63) is 30.0 Å². The van der Waals surface area contributed by atoms with E-state index in [0.717, 1.165) is 16.7 Å². The average molecular weight is 213 g/mol. The SMILES string of the molecule is O=C(O)c1ncc2nc(C(F)F)ccn12. The summed E-state index contributed by atoms with van der Waals surface area (Å²) in [5, 5.41) is 8.69. The molecule has 0 aliphatic carbocycles. The largest absolute Gasteiger partial charge is 0.475 e. The van der Waals surface area contributed by atoms with Crippen molar-refractivity contribution in [2.75, 3.05) is 0 Å². The number of imidazole rings is 1. The van der Waals surface area contributed by atoms with Gasteiger partial charge in [-0.15, -0.1) is 0 Å². The van der Waals surface area contributed by atoms with E-state index >= 15 is 0 Å². The summed E-state index contributed by atoms with van der Waals surface area (Å²) in [6.07, 6.45) is -0.339. The number of hydrogen-bond acceptors (Lipinski definition) is 3. The molecular weight excluding hydrogens is 208 g/mol. The van der Waals surface area contributed by atoms with Crippen LogP contribution in [0.4, 0.5) is 8.78 Å². The second-order valence-electron chi connectivity index (χ2n) is 2.77. The van der Waals surface area contributed by atoms with E-state index in [4.69, 9.17) is 5.11 Å². The Morgan fingerprint density at radius 1 is 1.53 bits per heavy atom. The lowest BCUT2D eigenvalue weighted by atomic mass is 10.4. The highest BCUT2D eigenvalue weighted by Gasteiger charge is 2.14. The van der Waals surface area contributed by atoms with E-state index in [1.807, 2.05) is 0 Å². The van der Waals surface area contributed by atoms with Gasteiger partial charge in [-0.05, 0) is 6.07 Å². The van der Waals surface area contributed by atoms with E-state index in [-0.39, 0.29) is 11.5 Å². The fourth-order valence-corrected chi connectivity index (χ4v) is 1.18. The van der Waals surface area contributed by atoms with E-state index in [0.29, 0.717) is 0 Å². The number of carboxylic acids is 1. The smallest absolute Gasteiger partial charge is 0.372 e. The number of halogens is 2. The number of alkyl halides is 2. The Labute approximate surface area is 82.0 Å². The summed E-state index contributed by atoms with van der Waals surface area (Å²) >= 11 is 0. The van der Waals surface area contributed by atoms with Crippen molar-refractivity contribution >= 4 is 11.6 Å². The molecule has 0 radical (unpaired) electrons. The molecule has 2 rings (SSSR count). The molecule has 0 aliphatic heterocycles. The van der Waals surface area contributed by atoms with E-state index in [9.17, 15) is 13.6 Å². The predicted molar refractivity (Wildman–Crippen MR) is 44.9 cm³/mol. The Morgan fingerprint density at radius 3 is 2.87 bits per heavy atom. The van der Waals surface area contributed by atoms with E-state index < -0.39 is 18.1 Å². The summed E-state index contributed by atoms with van der Waals surface area (Å²) in [6.45, 7) is 0. The summed E-state index contributed by atoms with van der Waals surface area (Å²) in [4.78, 5) is 17.8.